The van der Waals surface area contributed by atoms with Gasteiger partial charge in [0.1, 0.15) is 0 Å². The van der Waals surface area contributed by atoms with Gasteiger partial charge in [0.25, 0.3) is 0 Å². The molecular formula is C15H23N3. The van der Waals surface area contributed by atoms with Crippen LogP contribution in [0.15, 0.2) is 18.3 Å². The number of aromatic nitrogens is 1. The highest BCUT2D eigenvalue weighted by Crippen LogP contribution is 2.23. The van der Waals surface area contributed by atoms with Gasteiger partial charge in [0.2, 0.25) is 0 Å². The third-order valence-electron chi connectivity index (χ3n) is 4.10. The van der Waals surface area contributed by atoms with Crippen molar-refractivity contribution in [2.24, 2.45) is 5.92 Å². The van der Waals surface area contributed by atoms with Crippen molar-refractivity contribution in [1.29, 1.82) is 0 Å². The Morgan fingerprint density at radius 3 is 2.78 bits per heavy atom. The van der Waals surface area contributed by atoms with Crippen LogP contribution in [0.3, 0.4) is 0 Å². The Morgan fingerprint density at radius 1 is 1.28 bits per heavy atom. The molecule has 0 amide bonds. The molecule has 0 radical (unpaired) electrons. The molecule has 0 bridgehead atoms. The summed E-state index contributed by atoms with van der Waals surface area (Å²) >= 11 is 0. The molecule has 1 aromatic heterocycles. The fourth-order valence-electron chi connectivity index (χ4n) is 2.56. The summed E-state index contributed by atoms with van der Waals surface area (Å²) in [5.74, 6) is 0.888. The molecule has 0 aromatic carbocycles. The Balaban J connectivity index is 1.62. The summed E-state index contributed by atoms with van der Waals surface area (Å²) in [6.45, 7) is 5.67. The predicted molar refractivity (Wildman–Crippen MR) is 74.7 cm³/mol. The number of pyridine rings is 1. The summed E-state index contributed by atoms with van der Waals surface area (Å²) in [5.41, 5.74) is 2.53. The van der Waals surface area contributed by atoms with Crippen molar-refractivity contribution in [3.63, 3.8) is 0 Å². The number of anilines is 1. The molecule has 0 unspecified atom stereocenters. The van der Waals surface area contributed by atoms with Crippen molar-refractivity contribution in [2.45, 2.75) is 45.2 Å². The average Bonchev–Trinajstić information content (AvgIpc) is 3.22. The number of rotatable bonds is 4. The van der Waals surface area contributed by atoms with E-state index in [0.717, 1.165) is 18.5 Å². The lowest BCUT2D eigenvalue weighted by Crippen LogP contribution is -2.32. The number of piperidine rings is 1. The molecular weight excluding hydrogens is 222 g/mol. The fourth-order valence-corrected chi connectivity index (χ4v) is 2.56. The second kappa shape index (κ2) is 5.27. The summed E-state index contributed by atoms with van der Waals surface area (Å²) in [6, 6.07) is 5.16. The normalized spacial score (nSPS) is 21.3. The SMILES string of the molecule is CC1CCN(c2ccnc(CNC3CC3)c2)CC1. The van der Waals surface area contributed by atoms with E-state index in [2.05, 4.69) is 34.3 Å². The minimum absolute atomic E-state index is 0.756. The molecule has 0 spiro atoms. The summed E-state index contributed by atoms with van der Waals surface area (Å²) in [6.07, 6.45) is 7.26. The van der Waals surface area contributed by atoms with Crippen molar-refractivity contribution in [3.05, 3.63) is 24.0 Å². The van der Waals surface area contributed by atoms with E-state index < -0.39 is 0 Å². The standard InChI is InChI=1S/C15H23N3/c1-12-5-8-18(9-6-12)15-4-7-16-14(10-15)11-17-13-2-3-13/h4,7,10,12-13,17H,2-3,5-6,8-9,11H2,1H3. The minimum atomic E-state index is 0.756. The van der Waals surface area contributed by atoms with Crippen molar-refractivity contribution in [2.75, 3.05) is 18.0 Å². The van der Waals surface area contributed by atoms with Crippen LogP contribution in [0.2, 0.25) is 0 Å². The Kier molecular flexibility index (Phi) is 3.50. The number of hydrogen-bond acceptors (Lipinski definition) is 3. The van der Waals surface area contributed by atoms with Gasteiger partial charge in [0, 0.05) is 37.6 Å². The molecule has 1 aromatic rings. The molecule has 0 atom stereocenters. The Hall–Kier alpha value is -1.09. The van der Waals surface area contributed by atoms with Crippen LogP contribution in [0.5, 0.6) is 0 Å². The Morgan fingerprint density at radius 2 is 2.06 bits per heavy atom. The van der Waals surface area contributed by atoms with Crippen molar-refractivity contribution < 1.29 is 0 Å². The monoisotopic (exact) mass is 245 g/mol. The van der Waals surface area contributed by atoms with Crippen LogP contribution < -0.4 is 10.2 Å². The molecule has 18 heavy (non-hydrogen) atoms. The van der Waals surface area contributed by atoms with E-state index >= 15 is 0 Å². The van der Waals surface area contributed by atoms with Gasteiger partial charge in [-0.2, -0.15) is 0 Å². The van der Waals surface area contributed by atoms with E-state index in [9.17, 15) is 0 Å². The summed E-state index contributed by atoms with van der Waals surface area (Å²) in [7, 11) is 0. The first-order chi connectivity index (χ1) is 8.81. The maximum Gasteiger partial charge on any atom is 0.0562 e. The first kappa shape index (κ1) is 12.0. The van der Waals surface area contributed by atoms with Gasteiger partial charge in [-0.3, -0.25) is 4.98 Å². The number of hydrogen-bond donors (Lipinski definition) is 1. The molecule has 2 fully saturated rings. The zero-order valence-corrected chi connectivity index (χ0v) is 11.2. The van der Waals surface area contributed by atoms with Gasteiger partial charge < -0.3 is 10.2 Å². The quantitative estimate of drug-likeness (QED) is 0.883. The lowest BCUT2D eigenvalue weighted by atomic mass is 9.99. The maximum atomic E-state index is 4.46. The Labute approximate surface area is 110 Å². The summed E-state index contributed by atoms with van der Waals surface area (Å²) in [5, 5.41) is 3.53. The zero-order valence-electron chi connectivity index (χ0n) is 11.2. The fraction of sp³-hybridized carbons (Fsp3) is 0.667. The smallest absolute Gasteiger partial charge is 0.0562 e. The first-order valence-electron chi connectivity index (χ1n) is 7.24. The average molecular weight is 245 g/mol. The molecule has 2 aliphatic rings. The van der Waals surface area contributed by atoms with Crippen molar-refractivity contribution in [1.82, 2.24) is 10.3 Å². The van der Waals surface area contributed by atoms with Crippen LogP contribution in [-0.2, 0) is 6.54 Å². The van der Waals surface area contributed by atoms with E-state index in [1.807, 2.05) is 6.20 Å². The molecule has 98 valence electrons. The van der Waals surface area contributed by atoms with Gasteiger partial charge in [-0.1, -0.05) is 6.92 Å². The molecule has 3 heteroatoms. The third-order valence-corrected chi connectivity index (χ3v) is 4.10. The van der Waals surface area contributed by atoms with E-state index in [1.165, 1.54) is 50.2 Å². The molecule has 1 saturated carbocycles. The molecule has 2 heterocycles. The van der Waals surface area contributed by atoms with Crippen LogP contribution >= 0.6 is 0 Å². The van der Waals surface area contributed by atoms with Gasteiger partial charge in [-0.25, -0.2) is 0 Å². The molecule has 3 nitrogen and oxygen atoms in total. The van der Waals surface area contributed by atoms with Gasteiger partial charge in [-0.05, 0) is 43.7 Å². The summed E-state index contributed by atoms with van der Waals surface area (Å²) in [4.78, 5) is 6.96. The highest BCUT2D eigenvalue weighted by molar-refractivity contribution is 5.46. The lowest BCUT2D eigenvalue weighted by molar-refractivity contribution is 0.438. The highest BCUT2D eigenvalue weighted by atomic mass is 15.1. The van der Waals surface area contributed by atoms with Crippen LogP contribution in [0.25, 0.3) is 0 Å². The van der Waals surface area contributed by atoms with Gasteiger partial charge in [0.05, 0.1) is 5.69 Å². The van der Waals surface area contributed by atoms with Crippen LogP contribution in [0, 0.1) is 5.92 Å². The molecule has 1 aliphatic carbocycles. The van der Waals surface area contributed by atoms with Crippen LogP contribution in [-0.4, -0.2) is 24.1 Å². The van der Waals surface area contributed by atoms with Gasteiger partial charge in [-0.15, -0.1) is 0 Å². The van der Waals surface area contributed by atoms with E-state index in [0.29, 0.717) is 0 Å². The molecule has 3 rings (SSSR count). The minimum Gasteiger partial charge on any atom is -0.371 e. The number of nitrogens with one attached hydrogen (secondary N) is 1. The molecule has 1 aliphatic heterocycles. The van der Waals surface area contributed by atoms with E-state index in [4.69, 9.17) is 0 Å². The molecule has 1 N–H and O–H groups in total. The summed E-state index contributed by atoms with van der Waals surface area (Å²) < 4.78 is 0. The van der Waals surface area contributed by atoms with Gasteiger partial charge >= 0.3 is 0 Å². The predicted octanol–water partition coefficient (Wildman–Crippen LogP) is 2.57. The largest absolute Gasteiger partial charge is 0.371 e. The van der Waals surface area contributed by atoms with Crippen LogP contribution in [0.4, 0.5) is 5.69 Å². The highest BCUT2D eigenvalue weighted by Gasteiger charge is 2.20. The van der Waals surface area contributed by atoms with Crippen LogP contribution in [0.1, 0.15) is 38.3 Å². The third kappa shape index (κ3) is 3.02. The second-order valence-corrected chi connectivity index (χ2v) is 5.83. The van der Waals surface area contributed by atoms with E-state index in [-0.39, 0.29) is 0 Å². The van der Waals surface area contributed by atoms with Crippen molar-refractivity contribution >= 4 is 5.69 Å². The Bertz CT molecular complexity index is 392. The van der Waals surface area contributed by atoms with Gasteiger partial charge in [0.15, 0.2) is 0 Å². The molecule has 1 saturated heterocycles. The maximum absolute atomic E-state index is 4.46. The van der Waals surface area contributed by atoms with E-state index in [1.54, 1.807) is 0 Å². The zero-order chi connectivity index (χ0) is 12.4. The van der Waals surface area contributed by atoms with Crippen molar-refractivity contribution in [3.8, 4) is 0 Å². The second-order valence-electron chi connectivity index (χ2n) is 5.83. The number of nitrogens with zero attached hydrogens (tertiary/aromatic N) is 2. The lowest BCUT2D eigenvalue weighted by Gasteiger charge is -2.32. The topological polar surface area (TPSA) is 28.2 Å². The first-order valence-corrected chi connectivity index (χ1v) is 7.24.